The maximum atomic E-state index is 12.4. The number of rotatable bonds is 7. The number of hydrogen-bond acceptors (Lipinski definition) is 4. The van der Waals surface area contributed by atoms with E-state index in [9.17, 15) is 10.1 Å². The molecule has 2 rings (SSSR count). The van der Waals surface area contributed by atoms with Crippen LogP contribution in [-0.2, 0) is 4.79 Å². The van der Waals surface area contributed by atoms with Crippen LogP contribution in [0.5, 0.6) is 11.5 Å². The smallest absolute Gasteiger partial charge is 0.266 e. The molecular formula is C21H21ClN2O3. The van der Waals surface area contributed by atoms with Gasteiger partial charge in [-0.05, 0) is 54.8 Å². The normalized spacial score (nSPS) is 10.9. The summed E-state index contributed by atoms with van der Waals surface area (Å²) in [5.41, 5.74) is 2.06. The van der Waals surface area contributed by atoms with Crippen molar-refractivity contribution in [3.05, 3.63) is 58.1 Å². The quantitative estimate of drug-likeness (QED) is 0.539. The molecule has 1 amide bonds. The molecular weight excluding hydrogens is 364 g/mol. The summed E-state index contributed by atoms with van der Waals surface area (Å²) in [5, 5.41) is 12.6. The molecule has 0 aliphatic carbocycles. The van der Waals surface area contributed by atoms with Crippen LogP contribution in [0.1, 0.15) is 24.5 Å². The molecule has 0 bridgehead atoms. The van der Waals surface area contributed by atoms with E-state index >= 15 is 0 Å². The number of nitrogens with one attached hydrogen (secondary N) is 1. The maximum absolute atomic E-state index is 12.4. The van der Waals surface area contributed by atoms with Crippen molar-refractivity contribution < 1.29 is 14.3 Å². The summed E-state index contributed by atoms with van der Waals surface area (Å²) in [6.45, 7) is 4.47. The first kappa shape index (κ1) is 20.3. The summed E-state index contributed by atoms with van der Waals surface area (Å²) in [5.74, 6) is 0.650. The highest BCUT2D eigenvalue weighted by Gasteiger charge is 2.12. The number of ether oxygens (including phenoxy) is 2. The van der Waals surface area contributed by atoms with Crippen LogP contribution in [-0.4, -0.2) is 19.6 Å². The first-order valence-electron chi connectivity index (χ1n) is 8.48. The van der Waals surface area contributed by atoms with Gasteiger partial charge in [-0.2, -0.15) is 5.26 Å². The Labute approximate surface area is 164 Å². The molecule has 0 aliphatic rings. The lowest BCUT2D eigenvalue weighted by atomic mass is 10.1. The third kappa shape index (κ3) is 5.50. The van der Waals surface area contributed by atoms with Gasteiger partial charge in [-0.1, -0.05) is 30.7 Å². The van der Waals surface area contributed by atoms with Gasteiger partial charge in [-0.3, -0.25) is 4.79 Å². The third-order valence-corrected chi connectivity index (χ3v) is 4.16. The first-order chi connectivity index (χ1) is 13.0. The van der Waals surface area contributed by atoms with Gasteiger partial charge in [0.2, 0.25) is 0 Å². The van der Waals surface area contributed by atoms with E-state index in [1.165, 1.54) is 6.08 Å². The van der Waals surface area contributed by atoms with Crippen molar-refractivity contribution in [2.45, 2.75) is 20.3 Å². The van der Waals surface area contributed by atoms with E-state index in [1.54, 1.807) is 43.5 Å². The standard InChI is InChI=1S/C21H21ClN2O3/c1-4-9-27-19-8-6-15(11-20(19)26-3)10-16(13-23)21(25)24-17-7-5-14(2)18(22)12-17/h5-8,10-12H,4,9H2,1-3H3,(H,24,25)/b16-10+. The Morgan fingerprint density at radius 2 is 2.04 bits per heavy atom. The van der Waals surface area contributed by atoms with Crippen LogP contribution in [0.2, 0.25) is 5.02 Å². The number of carbonyl (C=O) groups excluding carboxylic acids is 1. The second-order valence-electron chi connectivity index (χ2n) is 5.85. The molecule has 1 N–H and O–H groups in total. The Bertz CT molecular complexity index is 901. The highest BCUT2D eigenvalue weighted by Crippen LogP contribution is 2.29. The van der Waals surface area contributed by atoms with Gasteiger partial charge in [0.15, 0.2) is 11.5 Å². The van der Waals surface area contributed by atoms with Crippen LogP contribution in [0.15, 0.2) is 42.0 Å². The number of nitrogens with zero attached hydrogens (tertiary/aromatic N) is 1. The minimum Gasteiger partial charge on any atom is -0.493 e. The zero-order chi connectivity index (χ0) is 19.8. The summed E-state index contributed by atoms with van der Waals surface area (Å²) in [7, 11) is 1.54. The summed E-state index contributed by atoms with van der Waals surface area (Å²) in [6, 6.07) is 12.3. The van der Waals surface area contributed by atoms with Gasteiger partial charge >= 0.3 is 0 Å². The number of anilines is 1. The van der Waals surface area contributed by atoms with Crippen molar-refractivity contribution >= 4 is 29.3 Å². The molecule has 0 spiro atoms. The zero-order valence-electron chi connectivity index (χ0n) is 15.5. The zero-order valence-corrected chi connectivity index (χ0v) is 16.3. The minimum atomic E-state index is -0.511. The second-order valence-corrected chi connectivity index (χ2v) is 6.25. The molecule has 0 saturated heterocycles. The van der Waals surface area contributed by atoms with Crippen molar-refractivity contribution in [1.82, 2.24) is 0 Å². The molecule has 0 saturated carbocycles. The Balaban J connectivity index is 2.22. The second kappa shape index (κ2) is 9.65. The van der Waals surface area contributed by atoms with E-state index in [-0.39, 0.29) is 5.57 Å². The molecule has 0 aromatic heterocycles. The first-order valence-corrected chi connectivity index (χ1v) is 8.86. The lowest BCUT2D eigenvalue weighted by molar-refractivity contribution is -0.112. The molecule has 0 unspecified atom stereocenters. The SMILES string of the molecule is CCCOc1ccc(/C=C(\C#N)C(=O)Nc2ccc(C)c(Cl)c2)cc1OC. The van der Waals surface area contributed by atoms with Crippen molar-refractivity contribution in [2.24, 2.45) is 0 Å². The number of amides is 1. The van der Waals surface area contributed by atoms with Crippen molar-refractivity contribution in [2.75, 3.05) is 19.0 Å². The Morgan fingerprint density at radius 3 is 2.67 bits per heavy atom. The molecule has 0 atom stereocenters. The number of methoxy groups -OCH3 is 1. The van der Waals surface area contributed by atoms with E-state index in [0.717, 1.165) is 12.0 Å². The fraction of sp³-hybridized carbons (Fsp3) is 0.238. The Morgan fingerprint density at radius 1 is 1.26 bits per heavy atom. The fourth-order valence-electron chi connectivity index (χ4n) is 2.29. The maximum Gasteiger partial charge on any atom is 0.266 e. The highest BCUT2D eigenvalue weighted by molar-refractivity contribution is 6.31. The molecule has 0 heterocycles. The van der Waals surface area contributed by atoms with Gasteiger partial charge < -0.3 is 14.8 Å². The van der Waals surface area contributed by atoms with Crippen molar-refractivity contribution in [3.8, 4) is 17.6 Å². The molecule has 27 heavy (non-hydrogen) atoms. The van der Waals surface area contributed by atoms with Crippen LogP contribution in [0, 0.1) is 18.3 Å². The van der Waals surface area contributed by atoms with Gasteiger partial charge in [-0.15, -0.1) is 0 Å². The summed E-state index contributed by atoms with van der Waals surface area (Å²) < 4.78 is 10.9. The van der Waals surface area contributed by atoms with E-state index in [2.05, 4.69) is 5.32 Å². The number of halogens is 1. The van der Waals surface area contributed by atoms with Gasteiger partial charge in [0.1, 0.15) is 11.6 Å². The number of hydrogen-bond donors (Lipinski definition) is 1. The lowest BCUT2D eigenvalue weighted by Gasteiger charge is -2.11. The molecule has 0 aliphatic heterocycles. The third-order valence-electron chi connectivity index (χ3n) is 3.76. The average Bonchev–Trinajstić information content (AvgIpc) is 2.67. The number of nitriles is 1. The Kier molecular flexibility index (Phi) is 7.27. The van der Waals surface area contributed by atoms with E-state index in [0.29, 0.717) is 34.4 Å². The summed E-state index contributed by atoms with van der Waals surface area (Å²) >= 11 is 6.07. The molecule has 0 fully saturated rings. The van der Waals surface area contributed by atoms with E-state index in [1.807, 2.05) is 19.9 Å². The van der Waals surface area contributed by atoms with Crippen LogP contribution < -0.4 is 14.8 Å². The van der Waals surface area contributed by atoms with Crippen LogP contribution >= 0.6 is 11.6 Å². The van der Waals surface area contributed by atoms with Gasteiger partial charge in [0.05, 0.1) is 13.7 Å². The van der Waals surface area contributed by atoms with Crippen LogP contribution in [0.25, 0.3) is 6.08 Å². The molecule has 2 aromatic rings. The van der Waals surface area contributed by atoms with Gasteiger partial charge in [0.25, 0.3) is 5.91 Å². The number of benzene rings is 2. The average molecular weight is 385 g/mol. The number of carbonyl (C=O) groups is 1. The molecule has 2 aromatic carbocycles. The van der Waals surface area contributed by atoms with Crippen molar-refractivity contribution in [3.63, 3.8) is 0 Å². The van der Waals surface area contributed by atoms with Crippen molar-refractivity contribution in [1.29, 1.82) is 5.26 Å². The van der Waals surface area contributed by atoms with Crippen LogP contribution in [0.3, 0.4) is 0 Å². The topological polar surface area (TPSA) is 71.3 Å². The molecule has 140 valence electrons. The largest absolute Gasteiger partial charge is 0.493 e. The molecule has 6 heteroatoms. The monoisotopic (exact) mass is 384 g/mol. The lowest BCUT2D eigenvalue weighted by Crippen LogP contribution is -2.13. The van der Waals surface area contributed by atoms with Gasteiger partial charge in [-0.25, -0.2) is 0 Å². The Hall–Kier alpha value is -2.97. The fourth-order valence-corrected chi connectivity index (χ4v) is 2.47. The summed E-state index contributed by atoms with van der Waals surface area (Å²) in [4.78, 5) is 12.4. The molecule has 0 radical (unpaired) electrons. The van der Waals surface area contributed by atoms with E-state index in [4.69, 9.17) is 21.1 Å². The predicted octanol–water partition coefficient (Wildman–Crippen LogP) is 4.99. The minimum absolute atomic E-state index is 0.0315. The highest BCUT2D eigenvalue weighted by atomic mass is 35.5. The summed E-state index contributed by atoms with van der Waals surface area (Å²) in [6.07, 6.45) is 2.38. The number of aryl methyl sites for hydroxylation is 1. The molecule has 5 nitrogen and oxygen atoms in total. The van der Waals surface area contributed by atoms with Crippen LogP contribution in [0.4, 0.5) is 5.69 Å². The van der Waals surface area contributed by atoms with E-state index < -0.39 is 5.91 Å². The van der Waals surface area contributed by atoms with Gasteiger partial charge in [0, 0.05) is 10.7 Å². The predicted molar refractivity (Wildman–Crippen MR) is 107 cm³/mol.